The number of amides is 2. The Bertz CT molecular complexity index is 803. The summed E-state index contributed by atoms with van der Waals surface area (Å²) in [6.07, 6.45) is 6.43. The Kier molecular flexibility index (Phi) is 5.30. The van der Waals surface area contributed by atoms with Crippen molar-refractivity contribution in [2.45, 2.75) is 76.3 Å². The Labute approximate surface area is 167 Å². The van der Waals surface area contributed by atoms with Gasteiger partial charge in [0.15, 0.2) is 0 Å². The fraction of sp³-hybridized carbons (Fsp3) is 0.636. The topological polar surface area (TPSA) is 61.4 Å². The predicted octanol–water partition coefficient (Wildman–Crippen LogP) is 3.02. The molecule has 1 aromatic rings. The Morgan fingerprint density at radius 2 is 2.14 bits per heavy atom. The highest BCUT2D eigenvalue weighted by Crippen LogP contribution is 2.38. The van der Waals surface area contributed by atoms with Crippen LogP contribution in [0.15, 0.2) is 12.1 Å². The molecule has 2 saturated heterocycles. The van der Waals surface area contributed by atoms with E-state index in [9.17, 15) is 9.59 Å². The summed E-state index contributed by atoms with van der Waals surface area (Å²) in [5.41, 5.74) is 2.65. The first kappa shape index (κ1) is 18.1. The van der Waals surface area contributed by atoms with Crippen LogP contribution >= 0.6 is 0 Å². The molecular formula is C22H30FN3O2. The van der Waals surface area contributed by atoms with E-state index in [0.717, 1.165) is 55.3 Å². The van der Waals surface area contributed by atoms with Crippen molar-refractivity contribution in [1.29, 1.82) is 0 Å². The summed E-state index contributed by atoms with van der Waals surface area (Å²) in [6, 6.07) is 3.39. The molecular weight excluding hydrogens is 357 g/mol. The maximum Gasteiger partial charge on any atom is 0.249 e. The minimum Gasteiger partial charge on any atom is -0.359 e. The van der Waals surface area contributed by atoms with Crippen LogP contribution in [0.25, 0.3) is 0 Å². The van der Waals surface area contributed by atoms with Gasteiger partial charge in [-0.15, -0.1) is 0 Å². The Balaban J connectivity index is 1.53. The first-order valence-electron chi connectivity index (χ1n) is 11.1. The third kappa shape index (κ3) is 3.79. The summed E-state index contributed by atoms with van der Waals surface area (Å²) < 4.78 is 23.3. The van der Waals surface area contributed by atoms with Gasteiger partial charge in [-0.3, -0.25) is 14.9 Å². The van der Waals surface area contributed by atoms with Crippen molar-refractivity contribution < 1.29 is 15.4 Å². The Morgan fingerprint density at radius 1 is 1.29 bits per heavy atom. The van der Waals surface area contributed by atoms with Crippen LogP contribution in [0.1, 0.15) is 68.9 Å². The third-order valence-electron chi connectivity index (χ3n) is 6.47. The second-order valence-corrected chi connectivity index (χ2v) is 8.34. The van der Waals surface area contributed by atoms with E-state index in [1.807, 2.05) is 11.0 Å². The van der Waals surface area contributed by atoms with Crippen LogP contribution in [0.3, 0.4) is 0 Å². The number of nitrogens with one attached hydrogen (secondary N) is 2. The van der Waals surface area contributed by atoms with E-state index in [-0.39, 0.29) is 29.6 Å². The Hall–Kier alpha value is -1.95. The van der Waals surface area contributed by atoms with E-state index in [1.54, 1.807) is 11.4 Å². The normalized spacial score (nSPS) is 28.9. The number of benzene rings is 1. The van der Waals surface area contributed by atoms with Crippen LogP contribution in [0.2, 0.25) is 1.41 Å². The van der Waals surface area contributed by atoms with Crippen molar-refractivity contribution in [2.24, 2.45) is 0 Å². The molecule has 152 valence electrons. The number of nitrogens with zero attached hydrogens (tertiary/aromatic N) is 1. The number of imide groups is 1. The van der Waals surface area contributed by atoms with Crippen LogP contribution in [0.4, 0.5) is 10.1 Å². The molecule has 2 amide bonds. The van der Waals surface area contributed by atoms with Gasteiger partial charge in [-0.05, 0) is 61.8 Å². The monoisotopic (exact) mass is 388 g/mol. The molecule has 2 fully saturated rings. The van der Waals surface area contributed by atoms with Gasteiger partial charge in [0.2, 0.25) is 11.8 Å². The van der Waals surface area contributed by atoms with E-state index < -0.39 is 6.04 Å². The zero-order chi connectivity index (χ0) is 20.5. The molecule has 0 bridgehead atoms. The maximum atomic E-state index is 15.2. The Morgan fingerprint density at radius 3 is 2.93 bits per heavy atom. The van der Waals surface area contributed by atoms with Crippen molar-refractivity contribution in [3.8, 4) is 0 Å². The average molecular weight is 389 g/mol. The van der Waals surface area contributed by atoms with E-state index >= 15 is 4.39 Å². The molecule has 2 N–H and O–H groups in total. The van der Waals surface area contributed by atoms with Gasteiger partial charge in [0.25, 0.3) is 0 Å². The molecule has 3 aliphatic heterocycles. The van der Waals surface area contributed by atoms with Gasteiger partial charge >= 0.3 is 0 Å². The van der Waals surface area contributed by atoms with Crippen molar-refractivity contribution in [2.75, 3.05) is 18.0 Å². The van der Waals surface area contributed by atoms with Crippen LogP contribution < -0.4 is 15.5 Å². The quantitative estimate of drug-likeness (QED) is 0.762. The first-order chi connectivity index (χ1) is 14.0. The third-order valence-corrected chi connectivity index (χ3v) is 6.47. The molecule has 0 spiro atoms. The lowest BCUT2D eigenvalue weighted by atomic mass is 9.84. The number of hydrogen-bond donors (Lipinski definition) is 2. The van der Waals surface area contributed by atoms with Gasteiger partial charge < -0.3 is 10.2 Å². The van der Waals surface area contributed by atoms with Gasteiger partial charge in [0, 0.05) is 24.7 Å². The highest BCUT2D eigenvalue weighted by Gasteiger charge is 2.36. The lowest BCUT2D eigenvalue weighted by Crippen LogP contribution is -2.52. The van der Waals surface area contributed by atoms with Crippen molar-refractivity contribution in [1.82, 2.24) is 10.6 Å². The SMILES string of the molecule is [2H]N1CCC(c2cc3c(cc2F)N(C2CCC(=O)NC2=O)CC3)CC1CCCC. The van der Waals surface area contributed by atoms with E-state index in [2.05, 4.69) is 12.2 Å². The molecule has 1 aromatic carbocycles. The largest absolute Gasteiger partial charge is 0.359 e. The number of anilines is 1. The number of rotatable bonds is 5. The smallest absolute Gasteiger partial charge is 0.249 e. The lowest BCUT2D eigenvalue weighted by molar-refractivity contribution is -0.134. The van der Waals surface area contributed by atoms with Gasteiger partial charge in [-0.1, -0.05) is 25.8 Å². The maximum absolute atomic E-state index is 15.2. The first-order valence-corrected chi connectivity index (χ1v) is 10.7. The van der Waals surface area contributed by atoms with Gasteiger partial charge in [-0.25, -0.2) is 4.39 Å². The standard InChI is InChI=1S/C22H30FN3O2/c1-2-3-4-16-11-14(7-9-24-16)17-12-15-8-10-26(20(15)13-18(17)23)19-5-6-21(27)25-22(19)28/h12-14,16,19,24H,2-11H2,1H3,(H,25,27,28)/i/hD. The molecule has 6 heteroatoms. The molecule has 28 heavy (non-hydrogen) atoms. The summed E-state index contributed by atoms with van der Waals surface area (Å²) in [5, 5.41) is 4.09. The van der Waals surface area contributed by atoms with Gasteiger partial charge in [-0.2, -0.15) is 0 Å². The van der Waals surface area contributed by atoms with Gasteiger partial charge in [0.05, 0.1) is 0 Å². The number of piperidine rings is 2. The summed E-state index contributed by atoms with van der Waals surface area (Å²) >= 11 is 0. The summed E-state index contributed by atoms with van der Waals surface area (Å²) in [5.74, 6) is -0.570. The highest BCUT2D eigenvalue weighted by molar-refractivity contribution is 6.01. The van der Waals surface area contributed by atoms with Crippen LogP contribution in [0.5, 0.6) is 0 Å². The molecule has 0 saturated carbocycles. The molecule has 3 unspecified atom stereocenters. The number of unbranched alkanes of at least 4 members (excludes halogenated alkanes) is 1. The fourth-order valence-electron chi connectivity index (χ4n) is 4.94. The summed E-state index contributed by atoms with van der Waals surface area (Å²) in [6.45, 7) is 3.51. The average Bonchev–Trinajstić information content (AvgIpc) is 3.09. The highest BCUT2D eigenvalue weighted by atomic mass is 19.1. The molecule has 0 radical (unpaired) electrons. The number of carbonyl (C=O) groups excluding carboxylic acids is 2. The second-order valence-electron chi connectivity index (χ2n) is 8.34. The summed E-state index contributed by atoms with van der Waals surface area (Å²) in [7, 11) is 0. The number of hydrogen-bond acceptors (Lipinski definition) is 4. The molecule has 0 aromatic heterocycles. The number of halogens is 1. The van der Waals surface area contributed by atoms with E-state index in [4.69, 9.17) is 1.41 Å². The van der Waals surface area contributed by atoms with Gasteiger partial charge in [0.1, 0.15) is 13.3 Å². The van der Waals surface area contributed by atoms with Crippen LogP contribution in [-0.4, -0.2) is 37.0 Å². The lowest BCUT2D eigenvalue weighted by Gasteiger charge is -2.33. The van der Waals surface area contributed by atoms with Crippen molar-refractivity contribution in [3.63, 3.8) is 0 Å². The van der Waals surface area contributed by atoms with Crippen LogP contribution in [-0.2, 0) is 16.0 Å². The molecule has 4 rings (SSSR count). The zero-order valence-corrected chi connectivity index (χ0v) is 16.5. The minimum absolute atomic E-state index is 0.147. The van der Waals surface area contributed by atoms with E-state index in [1.165, 1.54) is 0 Å². The van der Waals surface area contributed by atoms with Crippen molar-refractivity contribution in [3.05, 3.63) is 29.1 Å². The fourth-order valence-corrected chi connectivity index (χ4v) is 4.94. The molecule has 3 heterocycles. The zero-order valence-electron chi connectivity index (χ0n) is 17.5. The number of fused-ring (bicyclic) bond motifs is 1. The van der Waals surface area contributed by atoms with Crippen LogP contribution in [0, 0.1) is 5.82 Å². The van der Waals surface area contributed by atoms with E-state index in [0.29, 0.717) is 25.9 Å². The molecule has 3 atom stereocenters. The molecule has 0 aliphatic carbocycles. The predicted molar refractivity (Wildman–Crippen MR) is 107 cm³/mol. The molecule has 5 nitrogen and oxygen atoms in total. The summed E-state index contributed by atoms with van der Waals surface area (Å²) in [4.78, 5) is 25.7. The van der Waals surface area contributed by atoms with Crippen molar-refractivity contribution >= 4 is 17.5 Å². The number of carbonyl (C=O) groups is 2. The second kappa shape index (κ2) is 8.19. The minimum atomic E-state index is -0.399. The molecule has 3 aliphatic rings.